The van der Waals surface area contributed by atoms with Crippen LogP contribution in [0.1, 0.15) is 43.8 Å². The molecule has 0 bridgehead atoms. The van der Waals surface area contributed by atoms with Gasteiger partial charge in [-0.3, -0.25) is 0 Å². The number of urea groups is 1. The predicted octanol–water partition coefficient (Wildman–Crippen LogP) is 1.21. The van der Waals surface area contributed by atoms with Crippen molar-refractivity contribution in [3.05, 3.63) is 11.7 Å². The van der Waals surface area contributed by atoms with Gasteiger partial charge >= 0.3 is 12.0 Å². The highest BCUT2D eigenvalue weighted by molar-refractivity contribution is 5.82. The number of nitrogens with zero attached hydrogens (tertiary/aromatic N) is 2. The van der Waals surface area contributed by atoms with Crippen LogP contribution in [-0.4, -0.2) is 33.3 Å². The van der Waals surface area contributed by atoms with Crippen molar-refractivity contribution in [3.63, 3.8) is 0 Å². The Morgan fingerprint density at radius 1 is 1.38 bits per heavy atom. The van der Waals surface area contributed by atoms with Gasteiger partial charge in [0.1, 0.15) is 6.04 Å². The molecule has 1 atom stereocenters. The van der Waals surface area contributed by atoms with Crippen molar-refractivity contribution < 1.29 is 19.2 Å². The third kappa shape index (κ3) is 4.44. The maximum absolute atomic E-state index is 11.8. The Morgan fingerprint density at radius 3 is 2.67 bits per heavy atom. The second kappa shape index (κ2) is 7.05. The number of hydrogen-bond donors (Lipinski definition) is 3. The summed E-state index contributed by atoms with van der Waals surface area (Å²) in [6, 6.07) is -1.39. The van der Waals surface area contributed by atoms with Crippen LogP contribution in [0.5, 0.6) is 0 Å². The van der Waals surface area contributed by atoms with E-state index < -0.39 is 18.0 Å². The van der Waals surface area contributed by atoms with Gasteiger partial charge in [0.25, 0.3) is 0 Å². The summed E-state index contributed by atoms with van der Waals surface area (Å²) >= 11 is 0. The fourth-order valence-corrected chi connectivity index (χ4v) is 2.61. The fraction of sp³-hybridized carbons (Fsp3) is 0.692. The highest BCUT2D eigenvalue weighted by Gasteiger charge is 2.30. The van der Waals surface area contributed by atoms with E-state index in [9.17, 15) is 14.7 Å². The second-order valence-corrected chi connectivity index (χ2v) is 5.28. The van der Waals surface area contributed by atoms with Gasteiger partial charge in [-0.05, 0) is 25.7 Å². The normalized spacial score (nSPS) is 17.2. The molecule has 0 spiro atoms. The number of carboxylic acids is 1. The minimum absolute atomic E-state index is 0.00681. The Bertz CT molecular complexity index is 496. The number of carbonyl (C=O) groups is 2. The number of nitrogens with one attached hydrogen (secondary N) is 2. The maximum Gasteiger partial charge on any atom is 0.326 e. The third-order valence-electron chi connectivity index (χ3n) is 3.64. The van der Waals surface area contributed by atoms with Gasteiger partial charge in [-0.15, -0.1) is 0 Å². The molecule has 1 aliphatic rings. The van der Waals surface area contributed by atoms with Crippen LogP contribution in [0.3, 0.4) is 0 Å². The van der Waals surface area contributed by atoms with Crippen LogP contribution < -0.4 is 10.6 Å². The molecule has 1 fully saturated rings. The van der Waals surface area contributed by atoms with Crippen molar-refractivity contribution >= 4 is 12.0 Å². The zero-order valence-electron chi connectivity index (χ0n) is 12.0. The molecule has 116 valence electrons. The van der Waals surface area contributed by atoms with Gasteiger partial charge in [-0.1, -0.05) is 24.4 Å². The topological polar surface area (TPSA) is 117 Å². The van der Waals surface area contributed by atoms with Gasteiger partial charge < -0.3 is 20.3 Å². The standard InChI is InChI=1S/C13H20N4O4/c1-8-15-10(21-17-8)7-14-13(20)16-11(12(18)19)9-5-3-2-4-6-9/h9,11H,2-7H2,1H3,(H,18,19)(H2,14,16,20). The molecule has 1 aromatic heterocycles. The van der Waals surface area contributed by atoms with Crippen LogP contribution >= 0.6 is 0 Å². The van der Waals surface area contributed by atoms with Crippen LogP contribution in [0.4, 0.5) is 4.79 Å². The molecule has 8 nitrogen and oxygen atoms in total. The van der Waals surface area contributed by atoms with Crippen molar-refractivity contribution in [2.75, 3.05) is 0 Å². The van der Waals surface area contributed by atoms with Crippen LogP contribution in [0, 0.1) is 12.8 Å². The zero-order chi connectivity index (χ0) is 15.2. The van der Waals surface area contributed by atoms with Gasteiger partial charge in [-0.2, -0.15) is 4.98 Å². The van der Waals surface area contributed by atoms with E-state index in [0.29, 0.717) is 5.82 Å². The van der Waals surface area contributed by atoms with Gasteiger partial charge in [0, 0.05) is 0 Å². The Labute approximate surface area is 122 Å². The number of carbonyl (C=O) groups excluding carboxylic acids is 1. The Morgan fingerprint density at radius 2 is 2.10 bits per heavy atom. The number of amides is 2. The lowest BCUT2D eigenvalue weighted by atomic mass is 9.84. The van der Waals surface area contributed by atoms with E-state index in [1.54, 1.807) is 6.92 Å². The van der Waals surface area contributed by atoms with Crippen LogP contribution in [0.2, 0.25) is 0 Å². The highest BCUT2D eigenvalue weighted by Crippen LogP contribution is 2.26. The lowest BCUT2D eigenvalue weighted by Crippen LogP contribution is -2.50. The lowest BCUT2D eigenvalue weighted by Gasteiger charge is -2.27. The maximum atomic E-state index is 11.8. The van der Waals surface area contributed by atoms with Crippen molar-refractivity contribution in [2.45, 2.75) is 51.6 Å². The van der Waals surface area contributed by atoms with E-state index in [1.807, 2.05) is 0 Å². The van der Waals surface area contributed by atoms with E-state index in [4.69, 9.17) is 4.52 Å². The Balaban J connectivity index is 1.84. The summed E-state index contributed by atoms with van der Waals surface area (Å²) in [5, 5.41) is 17.9. The molecule has 1 aliphatic carbocycles. The summed E-state index contributed by atoms with van der Waals surface area (Å²) in [6.07, 6.45) is 4.82. The first kappa shape index (κ1) is 15.3. The fourth-order valence-electron chi connectivity index (χ4n) is 2.61. The molecule has 1 aromatic rings. The molecule has 21 heavy (non-hydrogen) atoms. The summed E-state index contributed by atoms with van der Waals surface area (Å²) in [5.74, 6) is -0.233. The first-order valence-electron chi connectivity index (χ1n) is 7.12. The predicted molar refractivity (Wildman–Crippen MR) is 72.4 cm³/mol. The van der Waals surface area contributed by atoms with E-state index in [-0.39, 0.29) is 18.4 Å². The summed E-state index contributed by atoms with van der Waals surface area (Å²) < 4.78 is 4.86. The number of carboxylic acid groups (broad SMARTS) is 1. The number of aliphatic carboxylic acids is 1. The van der Waals surface area contributed by atoms with Gasteiger partial charge in [-0.25, -0.2) is 9.59 Å². The van der Waals surface area contributed by atoms with Crippen LogP contribution in [-0.2, 0) is 11.3 Å². The van der Waals surface area contributed by atoms with Gasteiger partial charge in [0.15, 0.2) is 5.82 Å². The molecule has 1 heterocycles. The molecular weight excluding hydrogens is 276 g/mol. The number of aromatic nitrogens is 2. The second-order valence-electron chi connectivity index (χ2n) is 5.28. The highest BCUT2D eigenvalue weighted by atomic mass is 16.5. The molecule has 2 amide bonds. The van der Waals surface area contributed by atoms with Crippen molar-refractivity contribution in [1.29, 1.82) is 0 Å². The summed E-state index contributed by atoms with van der Waals surface area (Å²) in [7, 11) is 0. The van der Waals surface area contributed by atoms with E-state index in [0.717, 1.165) is 32.1 Å². The van der Waals surface area contributed by atoms with Gasteiger partial charge in [0.05, 0.1) is 6.54 Å². The Kier molecular flexibility index (Phi) is 5.13. The minimum Gasteiger partial charge on any atom is -0.480 e. The monoisotopic (exact) mass is 296 g/mol. The molecule has 1 saturated carbocycles. The molecule has 8 heteroatoms. The smallest absolute Gasteiger partial charge is 0.326 e. The van der Waals surface area contributed by atoms with E-state index in [1.165, 1.54) is 0 Å². The van der Waals surface area contributed by atoms with Gasteiger partial charge in [0.2, 0.25) is 5.89 Å². The summed E-state index contributed by atoms with van der Waals surface area (Å²) in [6.45, 7) is 1.75. The molecule has 0 aromatic carbocycles. The molecule has 0 aliphatic heterocycles. The molecular formula is C13H20N4O4. The van der Waals surface area contributed by atoms with Crippen molar-refractivity contribution in [3.8, 4) is 0 Å². The van der Waals surface area contributed by atoms with E-state index in [2.05, 4.69) is 20.8 Å². The number of aryl methyl sites for hydroxylation is 1. The SMILES string of the molecule is Cc1noc(CNC(=O)NC(C(=O)O)C2CCCCC2)n1. The Hall–Kier alpha value is -2.12. The third-order valence-corrected chi connectivity index (χ3v) is 3.64. The largest absolute Gasteiger partial charge is 0.480 e. The minimum atomic E-state index is -0.995. The lowest BCUT2D eigenvalue weighted by molar-refractivity contribution is -0.141. The van der Waals surface area contributed by atoms with Crippen LogP contribution in [0.25, 0.3) is 0 Å². The summed E-state index contributed by atoms with van der Waals surface area (Å²) in [4.78, 5) is 27.1. The summed E-state index contributed by atoms with van der Waals surface area (Å²) in [5.41, 5.74) is 0. The number of hydrogen-bond acceptors (Lipinski definition) is 5. The molecule has 3 N–H and O–H groups in total. The molecule has 0 radical (unpaired) electrons. The first-order valence-corrected chi connectivity index (χ1v) is 7.12. The average molecular weight is 296 g/mol. The zero-order valence-corrected chi connectivity index (χ0v) is 12.0. The van der Waals surface area contributed by atoms with E-state index >= 15 is 0 Å². The van der Waals surface area contributed by atoms with Crippen molar-refractivity contribution in [1.82, 2.24) is 20.8 Å². The number of rotatable bonds is 5. The molecule has 2 rings (SSSR count). The molecule has 1 unspecified atom stereocenters. The first-order chi connectivity index (χ1) is 10.1. The van der Waals surface area contributed by atoms with Crippen LogP contribution in [0.15, 0.2) is 4.52 Å². The quantitative estimate of drug-likeness (QED) is 0.751. The average Bonchev–Trinajstić information content (AvgIpc) is 2.89. The van der Waals surface area contributed by atoms with Crippen molar-refractivity contribution in [2.24, 2.45) is 5.92 Å². The molecule has 0 saturated heterocycles.